The number of nitrogens with one attached hydrogen (secondary N) is 1. The van der Waals surface area contributed by atoms with E-state index in [-0.39, 0.29) is 35.9 Å². The summed E-state index contributed by atoms with van der Waals surface area (Å²) in [5.74, 6) is 2.26. The number of esters is 1. The fourth-order valence-electron chi connectivity index (χ4n) is 3.34. The van der Waals surface area contributed by atoms with Gasteiger partial charge in [-0.05, 0) is 49.9 Å². The molecule has 28 heavy (non-hydrogen) atoms. The van der Waals surface area contributed by atoms with Crippen molar-refractivity contribution in [3.8, 4) is 11.5 Å². The molecule has 0 aromatic heterocycles. The Morgan fingerprint density at radius 3 is 2.75 bits per heavy atom. The van der Waals surface area contributed by atoms with Gasteiger partial charge in [0.1, 0.15) is 11.5 Å². The number of halogens is 1. The van der Waals surface area contributed by atoms with Crippen molar-refractivity contribution in [1.29, 1.82) is 0 Å². The summed E-state index contributed by atoms with van der Waals surface area (Å²) >= 11 is 0. The number of carbonyl (C=O) groups is 1. The first kappa shape index (κ1) is 24.3. The van der Waals surface area contributed by atoms with E-state index in [1.54, 1.807) is 21.3 Å². The summed E-state index contributed by atoms with van der Waals surface area (Å²) < 4.78 is 15.9. The van der Waals surface area contributed by atoms with Crippen molar-refractivity contribution in [2.45, 2.75) is 26.2 Å². The van der Waals surface area contributed by atoms with Gasteiger partial charge in [0, 0.05) is 26.7 Å². The van der Waals surface area contributed by atoms with Crippen LogP contribution in [0.5, 0.6) is 11.5 Å². The van der Waals surface area contributed by atoms with Crippen molar-refractivity contribution in [1.82, 2.24) is 10.2 Å². The quantitative estimate of drug-likeness (QED) is 0.266. The molecule has 1 aromatic rings. The van der Waals surface area contributed by atoms with E-state index in [1.165, 1.54) is 0 Å². The van der Waals surface area contributed by atoms with Crippen LogP contribution < -0.4 is 14.8 Å². The van der Waals surface area contributed by atoms with E-state index in [0.717, 1.165) is 48.8 Å². The highest BCUT2D eigenvalue weighted by atomic mass is 127. The molecule has 0 aliphatic carbocycles. The number of guanidine groups is 1. The lowest BCUT2D eigenvalue weighted by atomic mass is 9.98. The van der Waals surface area contributed by atoms with E-state index in [1.807, 2.05) is 25.1 Å². The van der Waals surface area contributed by atoms with E-state index in [0.29, 0.717) is 19.7 Å². The first-order valence-electron chi connectivity index (χ1n) is 9.46. The van der Waals surface area contributed by atoms with Crippen molar-refractivity contribution in [3.05, 3.63) is 23.8 Å². The summed E-state index contributed by atoms with van der Waals surface area (Å²) in [4.78, 5) is 18.6. The van der Waals surface area contributed by atoms with Crippen LogP contribution in [0.15, 0.2) is 23.2 Å². The molecule has 1 fully saturated rings. The maximum atomic E-state index is 12.0. The van der Waals surface area contributed by atoms with Gasteiger partial charge >= 0.3 is 5.97 Å². The predicted molar refractivity (Wildman–Crippen MR) is 121 cm³/mol. The minimum atomic E-state index is -0.112. The van der Waals surface area contributed by atoms with Crippen LogP contribution in [0.1, 0.15) is 25.3 Å². The molecule has 1 unspecified atom stereocenters. The first-order valence-corrected chi connectivity index (χ1v) is 9.46. The largest absolute Gasteiger partial charge is 0.497 e. The molecule has 158 valence electrons. The molecule has 0 radical (unpaired) electrons. The van der Waals surface area contributed by atoms with Crippen molar-refractivity contribution in [2.24, 2.45) is 10.9 Å². The first-order chi connectivity index (χ1) is 13.1. The maximum absolute atomic E-state index is 12.0. The molecule has 0 spiro atoms. The van der Waals surface area contributed by atoms with Crippen LogP contribution in [0.4, 0.5) is 0 Å². The fraction of sp³-hybridized carbons (Fsp3) is 0.600. The summed E-state index contributed by atoms with van der Waals surface area (Å²) in [7, 11) is 5.09. The number of rotatable bonds is 7. The van der Waals surface area contributed by atoms with Gasteiger partial charge in [0.25, 0.3) is 0 Å². The second kappa shape index (κ2) is 12.7. The SMILES string of the molecule is CCOC(=O)C1CCCN(C(=NC)NCCc2cc(OC)ccc2OC)C1.I. The minimum Gasteiger partial charge on any atom is -0.497 e. The summed E-state index contributed by atoms with van der Waals surface area (Å²) in [5.41, 5.74) is 1.07. The van der Waals surface area contributed by atoms with Gasteiger partial charge in [0.2, 0.25) is 0 Å². The Morgan fingerprint density at radius 2 is 2.11 bits per heavy atom. The zero-order chi connectivity index (χ0) is 19.6. The zero-order valence-electron chi connectivity index (χ0n) is 17.2. The molecule has 0 amide bonds. The molecular weight excluding hydrogens is 473 g/mol. The number of benzene rings is 1. The molecule has 8 heteroatoms. The smallest absolute Gasteiger partial charge is 0.310 e. The second-order valence-corrected chi connectivity index (χ2v) is 6.44. The lowest BCUT2D eigenvalue weighted by molar-refractivity contribution is -0.149. The molecule has 1 heterocycles. The van der Waals surface area contributed by atoms with Gasteiger partial charge in [-0.3, -0.25) is 9.79 Å². The molecule has 1 aromatic carbocycles. The Morgan fingerprint density at radius 1 is 1.32 bits per heavy atom. The van der Waals surface area contributed by atoms with Gasteiger partial charge < -0.3 is 24.4 Å². The Hall–Kier alpha value is -1.71. The van der Waals surface area contributed by atoms with E-state index >= 15 is 0 Å². The van der Waals surface area contributed by atoms with Gasteiger partial charge in [-0.2, -0.15) is 0 Å². The van der Waals surface area contributed by atoms with Crippen molar-refractivity contribution < 1.29 is 19.0 Å². The predicted octanol–water partition coefficient (Wildman–Crippen LogP) is 2.71. The fourth-order valence-corrected chi connectivity index (χ4v) is 3.34. The standard InChI is InChI=1S/C20H31N3O4.HI/c1-5-27-19(24)16-7-6-12-23(14-16)20(21-2)22-11-10-15-13-17(25-3)8-9-18(15)26-4;/h8-9,13,16H,5-7,10-12,14H2,1-4H3,(H,21,22);1H. The number of ether oxygens (including phenoxy) is 3. The van der Waals surface area contributed by atoms with Crippen LogP contribution in [0.3, 0.4) is 0 Å². The molecule has 1 aliphatic rings. The van der Waals surface area contributed by atoms with Crippen LogP contribution in [0.25, 0.3) is 0 Å². The number of piperidine rings is 1. The van der Waals surface area contributed by atoms with Crippen LogP contribution in [0, 0.1) is 5.92 Å². The average molecular weight is 505 g/mol. The number of nitrogens with zero attached hydrogens (tertiary/aromatic N) is 2. The third-order valence-corrected chi connectivity index (χ3v) is 4.72. The Kier molecular flexibility index (Phi) is 11.0. The Bertz CT molecular complexity index is 654. The Labute approximate surface area is 184 Å². The van der Waals surface area contributed by atoms with Gasteiger partial charge in [-0.15, -0.1) is 24.0 Å². The Balaban J connectivity index is 0.00000392. The lowest BCUT2D eigenvalue weighted by Gasteiger charge is -2.34. The number of aliphatic imine (C=N–C) groups is 1. The second-order valence-electron chi connectivity index (χ2n) is 6.44. The van der Waals surface area contributed by atoms with E-state index in [2.05, 4.69) is 15.2 Å². The molecule has 2 rings (SSSR count). The molecule has 0 bridgehead atoms. The molecule has 1 atom stereocenters. The number of hydrogen-bond donors (Lipinski definition) is 1. The van der Waals surface area contributed by atoms with E-state index in [9.17, 15) is 4.79 Å². The molecule has 1 aliphatic heterocycles. The highest BCUT2D eigenvalue weighted by Crippen LogP contribution is 2.24. The number of likely N-dealkylation sites (tertiary alicyclic amines) is 1. The van der Waals surface area contributed by atoms with E-state index in [4.69, 9.17) is 14.2 Å². The van der Waals surface area contributed by atoms with E-state index < -0.39 is 0 Å². The van der Waals surface area contributed by atoms with Gasteiger partial charge in [-0.1, -0.05) is 0 Å². The van der Waals surface area contributed by atoms with Crippen LogP contribution in [-0.2, 0) is 16.0 Å². The minimum absolute atomic E-state index is 0. The summed E-state index contributed by atoms with van der Waals surface area (Å²) in [5, 5.41) is 3.40. The molecular formula is C20H32IN3O4. The molecule has 0 saturated carbocycles. The summed E-state index contributed by atoms with van der Waals surface area (Å²) in [6.07, 6.45) is 2.59. The average Bonchev–Trinajstić information content (AvgIpc) is 2.71. The van der Waals surface area contributed by atoms with Gasteiger partial charge in [-0.25, -0.2) is 0 Å². The zero-order valence-corrected chi connectivity index (χ0v) is 19.5. The third kappa shape index (κ3) is 6.72. The van der Waals surface area contributed by atoms with Gasteiger partial charge in [0.15, 0.2) is 5.96 Å². The van der Waals surface area contributed by atoms with Gasteiger partial charge in [0.05, 0.1) is 26.7 Å². The topological polar surface area (TPSA) is 72.4 Å². The molecule has 7 nitrogen and oxygen atoms in total. The summed E-state index contributed by atoms with van der Waals surface area (Å²) in [6.45, 7) is 4.49. The molecule has 1 N–H and O–H groups in total. The number of hydrogen-bond acceptors (Lipinski definition) is 5. The van der Waals surface area contributed by atoms with Crippen molar-refractivity contribution in [2.75, 3.05) is 47.5 Å². The molecule has 1 saturated heterocycles. The van der Waals surface area contributed by atoms with Crippen LogP contribution in [0.2, 0.25) is 0 Å². The normalized spacial score (nSPS) is 16.8. The van der Waals surface area contributed by atoms with Crippen LogP contribution >= 0.6 is 24.0 Å². The number of carbonyl (C=O) groups excluding carboxylic acids is 1. The third-order valence-electron chi connectivity index (χ3n) is 4.72. The monoisotopic (exact) mass is 505 g/mol. The summed E-state index contributed by atoms with van der Waals surface area (Å²) in [6, 6.07) is 5.79. The number of methoxy groups -OCH3 is 2. The van der Waals surface area contributed by atoms with Crippen molar-refractivity contribution >= 4 is 35.9 Å². The highest BCUT2D eigenvalue weighted by molar-refractivity contribution is 14.0. The van der Waals surface area contributed by atoms with Crippen molar-refractivity contribution in [3.63, 3.8) is 0 Å². The van der Waals surface area contributed by atoms with Crippen LogP contribution in [-0.4, -0.2) is 64.3 Å². The lowest BCUT2D eigenvalue weighted by Crippen LogP contribution is -2.48. The highest BCUT2D eigenvalue weighted by Gasteiger charge is 2.28. The maximum Gasteiger partial charge on any atom is 0.310 e.